The number of halogens is 1. The molecule has 4 fully saturated rings. The van der Waals surface area contributed by atoms with Crippen LogP contribution in [0.1, 0.15) is 106 Å². The van der Waals surface area contributed by atoms with E-state index in [1.54, 1.807) is 0 Å². The van der Waals surface area contributed by atoms with Crippen LogP contribution in [0, 0.1) is 57.7 Å². The van der Waals surface area contributed by atoms with Crippen LogP contribution >= 0.6 is 11.9 Å². The fourth-order valence-corrected chi connectivity index (χ4v) is 19.4. The molecule has 9 atom stereocenters. The van der Waals surface area contributed by atoms with Crippen LogP contribution < -0.4 is 0 Å². The maximum absolute atomic E-state index is 13.4. The van der Waals surface area contributed by atoms with E-state index in [-0.39, 0.29) is 5.41 Å². The SMILES string of the molecule is CC(=O)[C@]12C[C@H]3[C@@H]4CC[C@H]([C@H](C)CCCC(C)C)[C@@]4(C)CC[C@@H]3[C@@]1(C)CC[C@@H]2[CH2][Hg][Br]. The average Bonchev–Trinajstić information content (AvgIpc) is 3.27. The van der Waals surface area contributed by atoms with Gasteiger partial charge in [-0.05, 0) is 5.92 Å². The molecule has 174 valence electrons. The van der Waals surface area contributed by atoms with Crippen LogP contribution in [-0.4, -0.2) is 5.78 Å². The molecule has 4 aliphatic carbocycles. The Balaban J connectivity index is 1.57. The van der Waals surface area contributed by atoms with Crippen molar-refractivity contribution >= 4 is 17.7 Å². The second kappa shape index (κ2) is 9.27. The van der Waals surface area contributed by atoms with Crippen LogP contribution in [-0.2, 0) is 26.9 Å². The van der Waals surface area contributed by atoms with Gasteiger partial charge in [-0.2, -0.15) is 0 Å². The summed E-state index contributed by atoms with van der Waals surface area (Å²) in [5.74, 6) is 6.45. The molecule has 3 heteroatoms. The normalized spacial score (nSPS) is 47.0. The first-order chi connectivity index (χ1) is 14.6. The van der Waals surface area contributed by atoms with E-state index < -0.39 is 22.1 Å². The van der Waals surface area contributed by atoms with E-state index >= 15 is 0 Å². The van der Waals surface area contributed by atoms with Crippen molar-refractivity contribution < 1.29 is 26.9 Å². The zero-order valence-electron chi connectivity index (χ0n) is 21.3. The monoisotopic (exact) mass is 680 g/mol. The number of carbonyl (C=O) groups excluding carboxylic acids is 1. The molecule has 1 nitrogen and oxygen atoms in total. The van der Waals surface area contributed by atoms with Crippen molar-refractivity contribution in [1.82, 2.24) is 0 Å². The fraction of sp³-hybridized carbons (Fsp3) is 0.964. The summed E-state index contributed by atoms with van der Waals surface area (Å²) in [7, 11) is 0. The second-order valence-electron chi connectivity index (χ2n) is 13.3. The Morgan fingerprint density at radius 1 is 1.03 bits per heavy atom. The van der Waals surface area contributed by atoms with Gasteiger partial charge in [0.2, 0.25) is 0 Å². The Labute approximate surface area is 210 Å². The quantitative estimate of drug-likeness (QED) is 0.235. The molecular formula is C28H47BrHgO. The number of carbonyl (C=O) groups is 1. The molecule has 4 aliphatic rings. The maximum atomic E-state index is 13.4. The first kappa shape index (κ1) is 25.2. The molecule has 4 saturated carbocycles. The van der Waals surface area contributed by atoms with Crippen LogP contribution in [0.3, 0.4) is 0 Å². The van der Waals surface area contributed by atoms with Crippen LogP contribution in [0.4, 0.5) is 0 Å². The summed E-state index contributed by atoms with van der Waals surface area (Å²) in [4.78, 5) is 13.4. The number of hydrogen-bond donors (Lipinski definition) is 0. The van der Waals surface area contributed by atoms with Crippen molar-refractivity contribution in [3.63, 3.8) is 0 Å². The summed E-state index contributed by atoms with van der Waals surface area (Å²) in [5.41, 5.74) is 0.866. The summed E-state index contributed by atoms with van der Waals surface area (Å²) in [6, 6.07) is 0. The molecule has 0 aliphatic heterocycles. The molecule has 0 bridgehead atoms. The minimum absolute atomic E-state index is 0.0301. The van der Waals surface area contributed by atoms with Crippen molar-refractivity contribution in [2.24, 2.45) is 57.7 Å². The summed E-state index contributed by atoms with van der Waals surface area (Å²) >= 11 is 3.03. The van der Waals surface area contributed by atoms with Gasteiger partial charge in [0.1, 0.15) is 0 Å². The van der Waals surface area contributed by atoms with E-state index in [9.17, 15) is 4.79 Å². The molecule has 31 heavy (non-hydrogen) atoms. The fourth-order valence-electron chi connectivity index (χ4n) is 10.4. The van der Waals surface area contributed by atoms with Gasteiger partial charge in [0.25, 0.3) is 0 Å². The molecule has 0 aromatic rings. The summed E-state index contributed by atoms with van der Waals surface area (Å²) in [6.45, 7) is 14.6. The molecule has 4 rings (SSSR count). The average molecular weight is 680 g/mol. The first-order valence-electron chi connectivity index (χ1n) is 13.7. The molecule has 0 aromatic heterocycles. The predicted octanol–water partition coefficient (Wildman–Crippen LogP) is 8.71. The Kier molecular flexibility index (Phi) is 7.53. The van der Waals surface area contributed by atoms with E-state index in [2.05, 4.69) is 46.5 Å². The summed E-state index contributed by atoms with van der Waals surface area (Å²) in [5, 5.41) is 0. The summed E-state index contributed by atoms with van der Waals surface area (Å²) < 4.78 is 1.41. The van der Waals surface area contributed by atoms with Gasteiger partial charge in [-0.15, -0.1) is 0 Å². The van der Waals surface area contributed by atoms with Gasteiger partial charge in [0, 0.05) is 0 Å². The van der Waals surface area contributed by atoms with Gasteiger partial charge in [-0.25, -0.2) is 0 Å². The third-order valence-corrected chi connectivity index (χ3v) is 19.4. The zero-order chi connectivity index (χ0) is 22.6. The van der Waals surface area contributed by atoms with E-state index in [0.717, 1.165) is 35.5 Å². The molecular weight excluding hydrogens is 633 g/mol. The standard InChI is InChI=1S/C28H47O.BrH.Hg/c1-18(2)9-8-10-19(3)23-11-12-24-22-17-28(21(5)29)20(4)13-16-27(28,7)25(22)14-15-26(23,24)6;;/h18-20,22-25H,4,8-17H2,1-3,5-7H3;1H;/q;;+1/p-1/t19-,20+,22+,23-,24+,25+,26-,27-,28-;;/m1../s1. The van der Waals surface area contributed by atoms with Gasteiger partial charge in [0.05, 0.1) is 0 Å². The number of hydrogen-bond acceptors (Lipinski definition) is 1. The van der Waals surface area contributed by atoms with Crippen molar-refractivity contribution in [2.45, 2.75) is 110 Å². The first-order valence-corrected chi connectivity index (χ1v) is 29.5. The Morgan fingerprint density at radius 2 is 1.77 bits per heavy atom. The van der Waals surface area contributed by atoms with Crippen LogP contribution in [0.5, 0.6) is 0 Å². The molecule has 0 saturated heterocycles. The van der Waals surface area contributed by atoms with Gasteiger partial charge >= 0.3 is 192 Å². The van der Waals surface area contributed by atoms with Gasteiger partial charge in [-0.3, -0.25) is 0 Å². The molecule has 0 spiro atoms. The van der Waals surface area contributed by atoms with Crippen LogP contribution in [0.25, 0.3) is 0 Å². The predicted molar refractivity (Wildman–Crippen MR) is 131 cm³/mol. The van der Waals surface area contributed by atoms with Gasteiger partial charge < -0.3 is 0 Å². The van der Waals surface area contributed by atoms with E-state index in [4.69, 9.17) is 0 Å². The van der Waals surface area contributed by atoms with E-state index in [1.807, 2.05) is 6.92 Å². The van der Waals surface area contributed by atoms with Crippen LogP contribution in [0.15, 0.2) is 0 Å². The number of rotatable bonds is 8. The Morgan fingerprint density at radius 3 is 2.42 bits per heavy atom. The van der Waals surface area contributed by atoms with Crippen molar-refractivity contribution in [3.8, 4) is 0 Å². The summed E-state index contributed by atoms with van der Waals surface area (Å²) in [6.07, 6.45) is 13.9. The molecule has 0 N–H and O–H groups in total. The molecule has 0 aromatic carbocycles. The van der Waals surface area contributed by atoms with Crippen molar-refractivity contribution in [3.05, 3.63) is 0 Å². The van der Waals surface area contributed by atoms with Gasteiger partial charge in [-0.1, -0.05) is 13.8 Å². The van der Waals surface area contributed by atoms with E-state index in [0.29, 0.717) is 22.5 Å². The third-order valence-electron chi connectivity index (χ3n) is 11.8. The zero-order valence-corrected chi connectivity index (χ0v) is 28.4. The van der Waals surface area contributed by atoms with Crippen molar-refractivity contribution in [1.29, 1.82) is 0 Å². The minimum atomic E-state index is -0.916. The topological polar surface area (TPSA) is 17.1 Å². The van der Waals surface area contributed by atoms with E-state index in [1.165, 1.54) is 68.1 Å². The molecule has 0 heterocycles. The molecule has 0 unspecified atom stereocenters. The van der Waals surface area contributed by atoms with Gasteiger partial charge in [0.15, 0.2) is 0 Å². The number of Topliss-reactive ketones (excluding diaryl/α,β-unsaturated/α-hetero) is 1. The second-order valence-corrected chi connectivity index (χ2v) is 23.9. The number of ketones is 1. The third kappa shape index (κ3) is 3.81. The molecule has 0 amide bonds. The van der Waals surface area contributed by atoms with Crippen LogP contribution in [0.2, 0.25) is 3.93 Å². The van der Waals surface area contributed by atoms with Crippen molar-refractivity contribution in [2.75, 3.05) is 0 Å². The molecule has 0 radical (unpaired) electrons. The Hall–Kier alpha value is 1.09. The number of fused-ring (bicyclic) bond motifs is 5. The Bertz CT molecular complexity index is 678.